The van der Waals surface area contributed by atoms with E-state index in [9.17, 15) is 8.42 Å². The molecule has 0 atom stereocenters. The monoisotopic (exact) mass is 261 g/mol. The Balaban J connectivity index is 0.000000310. The zero-order valence-electron chi connectivity index (χ0n) is 6.11. The van der Waals surface area contributed by atoms with Crippen molar-refractivity contribution >= 4 is 49.3 Å². The maximum Gasteiger partial charge on any atom is 0.313 e. The molecule has 0 aromatic carbocycles. The molecule has 1 aromatic rings. The molecule has 0 aliphatic carbocycles. The van der Waals surface area contributed by atoms with E-state index in [0.717, 1.165) is 11.3 Å². The highest BCUT2D eigenvalue weighted by atomic mass is 35.5. The van der Waals surface area contributed by atoms with Crippen molar-refractivity contribution in [3.63, 3.8) is 0 Å². The van der Waals surface area contributed by atoms with Gasteiger partial charge in [-0.1, -0.05) is 6.07 Å². The highest BCUT2D eigenvalue weighted by molar-refractivity contribution is 7.91. The SMILES string of the molecule is NS(=O)(=O)c1cccs1.O=C(Cl)Cl. The van der Waals surface area contributed by atoms with Crippen molar-refractivity contribution in [2.45, 2.75) is 4.21 Å². The topological polar surface area (TPSA) is 77.2 Å². The standard InChI is InChI=1S/C4H5NO2S2.CCl2O/c5-9(6,7)4-2-1-3-8-4;2-1(3)4/h1-3H,(H2,5,6,7);. The summed E-state index contributed by atoms with van der Waals surface area (Å²) in [7, 11) is -3.44. The summed E-state index contributed by atoms with van der Waals surface area (Å²) in [6.07, 6.45) is 0. The van der Waals surface area contributed by atoms with Gasteiger partial charge in [0.05, 0.1) is 0 Å². The van der Waals surface area contributed by atoms with Crippen LogP contribution in [-0.2, 0) is 10.0 Å². The molecule has 0 saturated heterocycles. The minimum atomic E-state index is -3.44. The van der Waals surface area contributed by atoms with E-state index in [2.05, 4.69) is 23.2 Å². The summed E-state index contributed by atoms with van der Waals surface area (Å²) in [5.74, 6) is 0. The van der Waals surface area contributed by atoms with Crippen LogP contribution in [0.2, 0.25) is 0 Å². The lowest BCUT2D eigenvalue weighted by molar-refractivity contribution is 0.275. The van der Waals surface area contributed by atoms with E-state index >= 15 is 0 Å². The third kappa shape index (κ3) is 6.97. The third-order valence-corrected chi connectivity index (χ3v) is 3.12. The van der Waals surface area contributed by atoms with Crippen LogP contribution in [0.1, 0.15) is 0 Å². The van der Waals surface area contributed by atoms with Gasteiger partial charge in [-0.25, -0.2) is 13.6 Å². The summed E-state index contributed by atoms with van der Waals surface area (Å²) in [4.78, 5) is 8.98. The minimum absolute atomic E-state index is 0.211. The molecule has 0 amide bonds. The Morgan fingerprint density at radius 1 is 1.46 bits per heavy atom. The Morgan fingerprint density at radius 2 is 1.92 bits per heavy atom. The Labute approximate surface area is 89.3 Å². The van der Waals surface area contributed by atoms with Crippen LogP contribution in [0.3, 0.4) is 0 Å². The second kappa shape index (κ2) is 5.56. The number of carbonyl (C=O) groups excluding carboxylic acids is 1. The molecule has 0 bridgehead atoms. The van der Waals surface area contributed by atoms with E-state index in [0.29, 0.717) is 0 Å². The Kier molecular flexibility index (Phi) is 5.50. The fourth-order valence-electron chi connectivity index (χ4n) is 0.425. The molecule has 0 spiro atoms. The van der Waals surface area contributed by atoms with Crippen LogP contribution in [0.15, 0.2) is 21.7 Å². The van der Waals surface area contributed by atoms with Gasteiger partial charge < -0.3 is 0 Å². The fourth-order valence-corrected chi connectivity index (χ4v) is 1.85. The first-order chi connectivity index (χ1) is 5.84. The normalized spacial score (nSPS) is 10.1. The number of halogens is 2. The number of primary sulfonamides is 1. The fraction of sp³-hybridized carbons (Fsp3) is 0. The summed E-state index contributed by atoms with van der Waals surface area (Å²) < 4.78 is 20.3. The zero-order chi connectivity index (χ0) is 10.5. The predicted molar refractivity (Wildman–Crippen MR) is 52.8 cm³/mol. The van der Waals surface area contributed by atoms with Gasteiger partial charge in [-0.3, -0.25) is 4.79 Å². The van der Waals surface area contributed by atoms with Crippen LogP contribution in [0.25, 0.3) is 0 Å². The van der Waals surface area contributed by atoms with Crippen LogP contribution in [0.4, 0.5) is 4.79 Å². The first kappa shape index (κ1) is 12.9. The molecule has 8 heteroatoms. The van der Waals surface area contributed by atoms with Crippen molar-refractivity contribution in [1.82, 2.24) is 0 Å². The predicted octanol–water partition coefficient (Wildman–Crippen LogP) is 1.98. The number of sulfonamides is 1. The van der Waals surface area contributed by atoms with Gasteiger partial charge in [0.1, 0.15) is 4.21 Å². The molecule has 4 nitrogen and oxygen atoms in total. The smallest absolute Gasteiger partial charge is 0.262 e. The second-order valence-corrected chi connectivity index (χ2v) is 5.32. The highest BCUT2D eigenvalue weighted by Crippen LogP contribution is 2.12. The quantitative estimate of drug-likeness (QED) is 0.786. The van der Waals surface area contributed by atoms with Gasteiger partial charge in [0, 0.05) is 0 Å². The van der Waals surface area contributed by atoms with Gasteiger partial charge in [0.15, 0.2) is 0 Å². The van der Waals surface area contributed by atoms with E-state index in [4.69, 9.17) is 9.93 Å². The van der Waals surface area contributed by atoms with Crippen LogP contribution in [0.5, 0.6) is 0 Å². The Bertz CT molecular complexity index is 355. The first-order valence-corrected chi connectivity index (χ1v) is 5.93. The van der Waals surface area contributed by atoms with E-state index < -0.39 is 14.7 Å². The second-order valence-electron chi connectivity index (χ2n) is 1.70. The lowest BCUT2D eigenvalue weighted by Gasteiger charge is -1.86. The molecule has 0 radical (unpaired) electrons. The van der Waals surface area contributed by atoms with Crippen molar-refractivity contribution in [1.29, 1.82) is 0 Å². The third-order valence-electron chi connectivity index (χ3n) is 0.775. The molecular formula is C5H5Cl2NO3S2. The van der Waals surface area contributed by atoms with Crippen molar-refractivity contribution in [3.8, 4) is 0 Å². The molecule has 0 aliphatic heterocycles. The van der Waals surface area contributed by atoms with Crippen molar-refractivity contribution in [3.05, 3.63) is 17.5 Å². The number of carbonyl (C=O) groups is 1. The van der Waals surface area contributed by atoms with Gasteiger partial charge in [0.2, 0.25) is 10.0 Å². The highest BCUT2D eigenvalue weighted by Gasteiger charge is 2.06. The Hall–Kier alpha value is -0.140. The van der Waals surface area contributed by atoms with E-state index in [1.165, 1.54) is 6.07 Å². The van der Waals surface area contributed by atoms with Crippen LogP contribution < -0.4 is 5.14 Å². The maximum atomic E-state index is 10.5. The maximum absolute atomic E-state index is 10.5. The minimum Gasteiger partial charge on any atom is -0.262 e. The van der Waals surface area contributed by atoms with Gasteiger partial charge in [0.25, 0.3) is 0 Å². The lowest BCUT2D eigenvalue weighted by Crippen LogP contribution is -2.09. The van der Waals surface area contributed by atoms with Crippen LogP contribution >= 0.6 is 34.5 Å². The van der Waals surface area contributed by atoms with Gasteiger partial charge in [-0.15, -0.1) is 11.3 Å². The largest absolute Gasteiger partial charge is 0.313 e. The molecule has 1 rings (SSSR count). The molecular weight excluding hydrogens is 257 g/mol. The van der Waals surface area contributed by atoms with Gasteiger partial charge in [-0.05, 0) is 34.6 Å². The molecule has 0 unspecified atom stereocenters. The number of rotatable bonds is 1. The molecule has 0 aliphatic rings. The molecule has 0 fully saturated rings. The summed E-state index contributed by atoms with van der Waals surface area (Å²) in [5, 5.41) is 6.45. The molecule has 1 heterocycles. The molecule has 1 aromatic heterocycles. The average molecular weight is 262 g/mol. The van der Waals surface area contributed by atoms with Crippen molar-refractivity contribution < 1.29 is 13.2 Å². The van der Waals surface area contributed by atoms with Crippen LogP contribution in [-0.4, -0.2) is 13.1 Å². The first-order valence-electron chi connectivity index (χ1n) is 2.75. The van der Waals surface area contributed by atoms with E-state index in [-0.39, 0.29) is 4.21 Å². The lowest BCUT2D eigenvalue weighted by atomic mass is 10.7. The number of hydrogen-bond acceptors (Lipinski definition) is 4. The number of hydrogen-bond donors (Lipinski definition) is 1. The molecule has 13 heavy (non-hydrogen) atoms. The van der Waals surface area contributed by atoms with E-state index in [1.54, 1.807) is 11.4 Å². The van der Waals surface area contributed by atoms with Gasteiger partial charge >= 0.3 is 4.70 Å². The van der Waals surface area contributed by atoms with Crippen molar-refractivity contribution in [2.24, 2.45) is 5.14 Å². The average Bonchev–Trinajstić information content (AvgIpc) is 2.31. The zero-order valence-corrected chi connectivity index (χ0v) is 9.25. The number of thiophene rings is 1. The van der Waals surface area contributed by atoms with Crippen LogP contribution in [0, 0.1) is 0 Å². The summed E-state index contributed by atoms with van der Waals surface area (Å²) >= 11 is 9.92. The van der Waals surface area contributed by atoms with Crippen molar-refractivity contribution in [2.75, 3.05) is 0 Å². The summed E-state index contributed by atoms with van der Waals surface area (Å²) in [6.45, 7) is 0. The molecule has 74 valence electrons. The molecule has 2 N–H and O–H groups in total. The summed E-state index contributed by atoms with van der Waals surface area (Å²) in [5.41, 5.74) is 0. The number of nitrogens with two attached hydrogens (primary N) is 1. The van der Waals surface area contributed by atoms with Gasteiger partial charge in [-0.2, -0.15) is 0 Å². The van der Waals surface area contributed by atoms with E-state index in [1.807, 2.05) is 0 Å². The molecule has 0 saturated carbocycles. The Morgan fingerprint density at radius 3 is 2.08 bits per heavy atom. The summed E-state index contributed by atoms with van der Waals surface area (Å²) in [6, 6.07) is 3.12.